The second-order valence-corrected chi connectivity index (χ2v) is 9.77. The second kappa shape index (κ2) is 9.51. The molecule has 0 fully saturated rings. The number of alkyl halides is 3. The molecule has 33 heavy (non-hydrogen) atoms. The fourth-order valence-corrected chi connectivity index (χ4v) is 3.76. The van der Waals surface area contributed by atoms with E-state index in [-0.39, 0.29) is 21.7 Å². The molecule has 0 aliphatic rings. The number of nitrogens with zero attached hydrogens (tertiary/aromatic N) is 2. The summed E-state index contributed by atoms with van der Waals surface area (Å²) in [6.45, 7) is 10.7. The van der Waals surface area contributed by atoms with Crippen molar-refractivity contribution in [3.8, 4) is 17.2 Å². The summed E-state index contributed by atoms with van der Waals surface area (Å²) in [7, 11) is 0. The number of halogens is 3. The Hall–Kier alpha value is -2.94. The van der Waals surface area contributed by atoms with Crippen LogP contribution in [-0.2, 0) is 0 Å². The zero-order chi connectivity index (χ0) is 24.4. The molecule has 0 atom stereocenters. The lowest BCUT2D eigenvalue weighted by Gasteiger charge is -2.21. The van der Waals surface area contributed by atoms with Crippen LogP contribution in [0.5, 0.6) is 11.5 Å². The van der Waals surface area contributed by atoms with Crippen molar-refractivity contribution in [2.75, 3.05) is 6.61 Å². The van der Waals surface area contributed by atoms with E-state index in [0.29, 0.717) is 17.2 Å². The van der Waals surface area contributed by atoms with E-state index in [1.54, 1.807) is 6.20 Å². The summed E-state index contributed by atoms with van der Waals surface area (Å²) in [5, 5.41) is 0.201. The number of hydrogen-bond acceptors (Lipinski definition) is 5. The van der Waals surface area contributed by atoms with Gasteiger partial charge in [-0.05, 0) is 66.8 Å². The van der Waals surface area contributed by atoms with E-state index < -0.39 is 6.36 Å². The Labute approximate surface area is 194 Å². The molecular formula is C24H25F3N2O3S. The second-order valence-electron chi connectivity index (χ2n) is 8.71. The molecule has 0 unspecified atom stereocenters. The van der Waals surface area contributed by atoms with Crippen LogP contribution in [0, 0.1) is 19.3 Å². The van der Waals surface area contributed by atoms with Crippen LogP contribution in [0.4, 0.5) is 13.2 Å². The molecule has 0 aliphatic heterocycles. The zero-order valence-corrected chi connectivity index (χ0v) is 19.8. The van der Waals surface area contributed by atoms with Crippen molar-refractivity contribution in [2.24, 2.45) is 5.41 Å². The Morgan fingerprint density at radius 3 is 2.27 bits per heavy atom. The normalized spacial score (nSPS) is 12.0. The topological polar surface area (TPSA) is 53.4 Å². The van der Waals surface area contributed by atoms with E-state index in [9.17, 15) is 18.0 Å². The summed E-state index contributed by atoms with van der Waals surface area (Å²) in [4.78, 5) is 17.8. The van der Waals surface area contributed by atoms with Crippen LogP contribution in [0.15, 0.2) is 63.5 Å². The third kappa shape index (κ3) is 6.54. The summed E-state index contributed by atoms with van der Waals surface area (Å²) in [6, 6.07) is 8.96. The largest absolute Gasteiger partial charge is 0.573 e. The van der Waals surface area contributed by atoms with E-state index in [4.69, 9.17) is 4.74 Å². The third-order valence-electron chi connectivity index (χ3n) is 4.71. The van der Waals surface area contributed by atoms with Crippen LogP contribution in [0.3, 0.4) is 0 Å². The molecule has 176 valence electrons. The van der Waals surface area contributed by atoms with Crippen LogP contribution >= 0.6 is 11.8 Å². The molecule has 0 saturated carbocycles. The molecule has 3 rings (SSSR count). The first-order valence-electron chi connectivity index (χ1n) is 10.2. The number of benzene rings is 2. The van der Waals surface area contributed by atoms with Gasteiger partial charge in [-0.1, -0.05) is 32.5 Å². The molecule has 2 aromatic carbocycles. The van der Waals surface area contributed by atoms with Crippen molar-refractivity contribution in [2.45, 2.75) is 50.9 Å². The van der Waals surface area contributed by atoms with Gasteiger partial charge in [-0.25, -0.2) is 4.98 Å². The van der Waals surface area contributed by atoms with Gasteiger partial charge in [0, 0.05) is 17.3 Å². The van der Waals surface area contributed by atoms with Crippen LogP contribution in [0.25, 0.3) is 5.69 Å². The Morgan fingerprint density at radius 2 is 1.67 bits per heavy atom. The molecule has 3 aromatic rings. The first-order valence-corrected chi connectivity index (χ1v) is 11.0. The molecule has 0 aliphatic carbocycles. The quantitative estimate of drug-likeness (QED) is 0.415. The molecule has 0 saturated heterocycles. The van der Waals surface area contributed by atoms with Crippen molar-refractivity contribution in [3.05, 3.63) is 70.3 Å². The SMILES string of the molecule is Cc1c(OCC(C)(C)C)ccc(-n2ccnc(Sc3ccc(OC(F)(F)F)cc3)c2=O)c1C. The lowest BCUT2D eigenvalue weighted by Crippen LogP contribution is -2.21. The molecule has 0 spiro atoms. The van der Waals surface area contributed by atoms with Crippen molar-refractivity contribution in [1.29, 1.82) is 0 Å². The van der Waals surface area contributed by atoms with Gasteiger partial charge in [0.1, 0.15) is 11.5 Å². The highest BCUT2D eigenvalue weighted by Gasteiger charge is 2.31. The molecule has 0 amide bonds. The Balaban J connectivity index is 1.86. The smallest absolute Gasteiger partial charge is 0.493 e. The van der Waals surface area contributed by atoms with Gasteiger partial charge in [0.25, 0.3) is 5.56 Å². The first-order chi connectivity index (χ1) is 15.3. The number of rotatable bonds is 6. The van der Waals surface area contributed by atoms with Gasteiger partial charge in [0.2, 0.25) is 0 Å². The molecule has 1 aromatic heterocycles. The summed E-state index contributed by atoms with van der Waals surface area (Å²) < 4.78 is 48.4. The lowest BCUT2D eigenvalue weighted by atomic mass is 9.98. The molecule has 5 nitrogen and oxygen atoms in total. The number of ether oxygens (including phenoxy) is 2. The summed E-state index contributed by atoms with van der Waals surface area (Å²) >= 11 is 1.07. The van der Waals surface area contributed by atoms with E-state index in [1.165, 1.54) is 35.0 Å². The average molecular weight is 479 g/mol. The van der Waals surface area contributed by atoms with Crippen molar-refractivity contribution in [3.63, 3.8) is 0 Å². The third-order valence-corrected chi connectivity index (χ3v) is 5.69. The number of aromatic nitrogens is 2. The van der Waals surface area contributed by atoms with Crippen molar-refractivity contribution >= 4 is 11.8 Å². The summed E-state index contributed by atoms with van der Waals surface area (Å²) in [5.74, 6) is 0.439. The number of hydrogen-bond donors (Lipinski definition) is 0. The highest BCUT2D eigenvalue weighted by Crippen LogP contribution is 2.30. The van der Waals surface area contributed by atoms with Gasteiger partial charge in [-0.15, -0.1) is 13.2 Å². The Morgan fingerprint density at radius 1 is 1.00 bits per heavy atom. The molecule has 0 bridgehead atoms. The lowest BCUT2D eigenvalue weighted by molar-refractivity contribution is -0.274. The van der Waals surface area contributed by atoms with Crippen molar-refractivity contribution < 1.29 is 22.6 Å². The maximum atomic E-state index is 13.1. The maximum absolute atomic E-state index is 13.1. The molecule has 0 radical (unpaired) electrons. The van der Waals surface area contributed by atoms with Gasteiger partial charge in [-0.2, -0.15) is 0 Å². The molecule has 1 heterocycles. The van der Waals surface area contributed by atoms with Crippen LogP contribution in [0.1, 0.15) is 31.9 Å². The minimum absolute atomic E-state index is 0.0181. The molecular weight excluding hydrogens is 453 g/mol. The zero-order valence-electron chi connectivity index (χ0n) is 19.0. The predicted molar refractivity (Wildman–Crippen MR) is 122 cm³/mol. The Kier molecular flexibility index (Phi) is 7.11. The van der Waals surface area contributed by atoms with Gasteiger partial charge in [0.15, 0.2) is 5.03 Å². The van der Waals surface area contributed by atoms with Crippen LogP contribution in [-0.4, -0.2) is 22.5 Å². The summed E-state index contributed by atoms with van der Waals surface area (Å²) in [6.07, 6.45) is -1.65. The average Bonchev–Trinajstić information content (AvgIpc) is 2.71. The standard InChI is InChI=1S/C24H25F3N2O3S/c1-15-16(2)20(31-14-23(3,4)5)11-10-19(15)29-13-12-28-21(22(29)30)33-18-8-6-17(7-9-18)32-24(25,26)27/h6-13H,14H2,1-5H3. The fraction of sp³-hybridized carbons (Fsp3) is 0.333. The van der Waals surface area contributed by atoms with E-state index in [2.05, 4.69) is 30.5 Å². The summed E-state index contributed by atoms with van der Waals surface area (Å²) in [5.41, 5.74) is 2.24. The fourth-order valence-electron chi connectivity index (χ4n) is 2.97. The highest BCUT2D eigenvalue weighted by atomic mass is 32.2. The monoisotopic (exact) mass is 478 g/mol. The Bertz CT molecular complexity index is 1180. The van der Waals surface area contributed by atoms with E-state index in [0.717, 1.165) is 28.6 Å². The highest BCUT2D eigenvalue weighted by molar-refractivity contribution is 7.99. The van der Waals surface area contributed by atoms with E-state index >= 15 is 0 Å². The molecule has 0 N–H and O–H groups in total. The minimum Gasteiger partial charge on any atom is -0.493 e. The van der Waals surface area contributed by atoms with E-state index in [1.807, 2.05) is 26.0 Å². The van der Waals surface area contributed by atoms with Gasteiger partial charge >= 0.3 is 6.36 Å². The van der Waals surface area contributed by atoms with Crippen LogP contribution < -0.4 is 15.0 Å². The van der Waals surface area contributed by atoms with Crippen LogP contribution in [0.2, 0.25) is 0 Å². The van der Waals surface area contributed by atoms with Gasteiger partial charge < -0.3 is 9.47 Å². The minimum atomic E-state index is -4.76. The van der Waals surface area contributed by atoms with Crippen molar-refractivity contribution in [1.82, 2.24) is 9.55 Å². The van der Waals surface area contributed by atoms with Gasteiger partial charge in [0.05, 0.1) is 12.3 Å². The predicted octanol–water partition coefficient (Wildman–Crippen LogP) is 6.32. The maximum Gasteiger partial charge on any atom is 0.573 e. The van der Waals surface area contributed by atoms with Gasteiger partial charge in [-0.3, -0.25) is 9.36 Å². The molecule has 9 heteroatoms. The first kappa shape index (κ1) is 24.7.